The van der Waals surface area contributed by atoms with E-state index in [4.69, 9.17) is 4.74 Å². The summed E-state index contributed by atoms with van der Waals surface area (Å²) in [7, 11) is 0. The number of likely N-dealkylation sites (tertiary alicyclic amines) is 1. The number of hydrogen-bond acceptors (Lipinski definition) is 5. The number of rotatable bonds is 5. The number of aryl methyl sites for hydroxylation is 1. The number of aldehydes is 1. The van der Waals surface area contributed by atoms with Crippen molar-refractivity contribution < 1.29 is 19.2 Å². The van der Waals surface area contributed by atoms with Gasteiger partial charge in [0, 0.05) is 35.8 Å². The molecule has 28 heavy (non-hydrogen) atoms. The van der Waals surface area contributed by atoms with E-state index >= 15 is 0 Å². The lowest BCUT2D eigenvalue weighted by molar-refractivity contribution is -0.578. The molecule has 0 unspecified atom stereocenters. The molecule has 4 heterocycles. The van der Waals surface area contributed by atoms with Gasteiger partial charge in [0.2, 0.25) is 0 Å². The monoisotopic (exact) mass is 419 g/mol. The van der Waals surface area contributed by atoms with E-state index in [9.17, 15) is 9.90 Å². The van der Waals surface area contributed by atoms with Crippen molar-refractivity contribution in [2.75, 3.05) is 32.8 Å². The van der Waals surface area contributed by atoms with E-state index in [1.54, 1.807) is 22.7 Å². The van der Waals surface area contributed by atoms with Crippen LogP contribution < -0.4 is 0 Å². The van der Waals surface area contributed by atoms with E-state index in [1.807, 2.05) is 6.07 Å². The van der Waals surface area contributed by atoms with E-state index in [1.165, 1.54) is 9.75 Å². The minimum Gasteiger partial charge on any atom is -0.459 e. The minimum atomic E-state index is -0.160. The number of hydrogen-bond donors (Lipinski definition) is 1. The first kappa shape index (κ1) is 19.8. The first-order chi connectivity index (χ1) is 13.6. The number of thiophene rings is 2. The molecule has 0 saturated carbocycles. The van der Waals surface area contributed by atoms with Crippen LogP contribution in [0.5, 0.6) is 0 Å². The van der Waals surface area contributed by atoms with E-state index in [-0.39, 0.29) is 5.60 Å². The molecule has 2 aliphatic rings. The Hall–Kier alpha value is -1.54. The average Bonchev–Trinajstić information content (AvgIpc) is 3.33. The first-order valence-electron chi connectivity index (χ1n) is 9.81. The second kappa shape index (κ2) is 8.45. The van der Waals surface area contributed by atoms with Crippen molar-refractivity contribution in [3.63, 3.8) is 0 Å². The Balaban J connectivity index is 1.38. The van der Waals surface area contributed by atoms with E-state index < -0.39 is 0 Å². The molecule has 0 bridgehead atoms. The van der Waals surface area contributed by atoms with Crippen LogP contribution in [0.4, 0.5) is 0 Å². The molecule has 1 N–H and O–H groups in total. The smallest absolute Gasteiger partial charge is 0.377 e. The van der Waals surface area contributed by atoms with Crippen LogP contribution in [0.1, 0.15) is 33.0 Å². The quantitative estimate of drug-likeness (QED) is 0.459. The van der Waals surface area contributed by atoms with Crippen molar-refractivity contribution in [2.24, 2.45) is 0 Å². The maximum atomic E-state index is 10.7. The van der Waals surface area contributed by atoms with Gasteiger partial charge < -0.3 is 14.6 Å². The van der Waals surface area contributed by atoms with Crippen molar-refractivity contribution in [1.82, 2.24) is 4.90 Å². The van der Waals surface area contributed by atoms with Gasteiger partial charge in [0.15, 0.2) is 13.1 Å². The summed E-state index contributed by atoms with van der Waals surface area (Å²) in [6, 6.07) is 6.20. The molecule has 2 fully saturated rings. The van der Waals surface area contributed by atoms with Gasteiger partial charge in [-0.1, -0.05) is 0 Å². The molecule has 5 nitrogen and oxygen atoms in total. The fourth-order valence-corrected chi connectivity index (χ4v) is 5.87. The van der Waals surface area contributed by atoms with Crippen LogP contribution in [0.3, 0.4) is 0 Å². The standard InChI is InChI=1S/C21H26N2O3S2/c1-16-2-3-19(28-16)20(25)23-9-11-26-21(15-23)5-7-22(8-6-21)13-18-12-17(4-10-24)14-27-18/h2-3,10,12,14H,4-9,11,13,15H2,1H3/p+1. The van der Waals surface area contributed by atoms with Gasteiger partial charge in [-0.3, -0.25) is 4.90 Å². The molecule has 4 rings (SSSR count). The molecule has 2 saturated heterocycles. The summed E-state index contributed by atoms with van der Waals surface area (Å²) < 4.78 is 8.33. The summed E-state index contributed by atoms with van der Waals surface area (Å²) in [5.74, 6) is 0.393. The summed E-state index contributed by atoms with van der Waals surface area (Å²) >= 11 is 3.37. The zero-order valence-electron chi connectivity index (χ0n) is 16.2. The number of ether oxygens (including phenoxy) is 1. The molecule has 2 aromatic heterocycles. The average molecular weight is 420 g/mol. The van der Waals surface area contributed by atoms with Gasteiger partial charge in [-0.2, -0.15) is 4.58 Å². The maximum Gasteiger partial charge on any atom is 0.377 e. The summed E-state index contributed by atoms with van der Waals surface area (Å²) in [6.07, 6.45) is 3.43. The molecule has 0 amide bonds. The summed E-state index contributed by atoms with van der Waals surface area (Å²) in [5.41, 5.74) is 0.956. The van der Waals surface area contributed by atoms with Crippen molar-refractivity contribution in [1.29, 1.82) is 0 Å². The molecule has 150 valence electrons. The van der Waals surface area contributed by atoms with E-state index in [2.05, 4.69) is 33.9 Å². The highest BCUT2D eigenvalue weighted by Crippen LogP contribution is 2.31. The van der Waals surface area contributed by atoms with Crippen LogP contribution in [0, 0.1) is 6.92 Å². The predicted molar refractivity (Wildman–Crippen MR) is 113 cm³/mol. The topological polar surface area (TPSA) is 52.8 Å². The molecule has 0 aromatic carbocycles. The number of aliphatic hydroxyl groups excluding tert-OH is 1. The van der Waals surface area contributed by atoms with Gasteiger partial charge in [0.1, 0.15) is 23.4 Å². The molecular weight excluding hydrogens is 392 g/mol. The van der Waals surface area contributed by atoms with Crippen molar-refractivity contribution in [3.05, 3.63) is 43.8 Å². The second-order valence-corrected chi connectivity index (χ2v) is 10.0. The molecule has 0 radical (unpaired) electrons. The van der Waals surface area contributed by atoms with Crippen LogP contribution in [0.25, 0.3) is 0 Å². The highest BCUT2D eigenvalue weighted by atomic mass is 32.1. The molecule has 0 aliphatic carbocycles. The van der Waals surface area contributed by atoms with Crippen LogP contribution in [-0.4, -0.2) is 65.2 Å². The second-order valence-electron chi connectivity index (χ2n) is 7.76. The van der Waals surface area contributed by atoms with E-state index in [0.29, 0.717) is 18.9 Å². The van der Waals surface area contributed by atoms with Crippen molar-refractivity contribution in [2.45, 2.75) is 38.3 Å². The lowest BCUT2D eigenvalue weighted by atomic mass is 9.89. The normalized spacial score (nSPS) is 21.8. The van der Waals surface area contributed by atoms with Crippen LogP contribution in [0.2, 0.25) is 0 Å². The van der Waals surface area contributed by atoms with Crippen molar-refractivity contribution in [3.8, 4) is 0 Å². The number of piperidine rings is 1. The van der Waals surface area contributed by atoms with Gasteiger partial charge >= 0.3 is 5.90 Å². The van der Waals surface area contributed by atoms with Gasteiger partial charge in [-0.15, -0.1) is 22.7 Å². The van der Waals surface area contributed by atoms with Gasteiger partial charge in [0.05, 0.1) is 0 Å². The lowest BCUT2D eigenvalue weighted by Gasteiger charge is -2.41. The number of carbonyl (C=O) groups is 1. The van der Waals surface area contributed by atoms with Crippen LogP contribution in [-0.2, 0) is 22.5 Å². The molecule has 0 atom stereocenters. The zero-order valence-corrected chi connectivity index (χ0v) is 17.9. The van der Waals surface area contributed by atoms with Gasteiger partial charge in [-0.25, -0.2) is 0 Å². The Labute approximate surface area is 173 Å². The fraction of sp³-hybridized carbons (Fsp3) is 0.524. The summed E-state index contributed by atoms with van der Waals surface area (Å²) in [4.78, 5) is 16.6. The van der Waals surface area contributed by atoms with Crippen LogP contribution in [0.15, 0.2) is 23.6 Å². The highest BCUT2D eigenvalue weighted by Gasteiger charge is 2.43. The third kappa shape index (κ3) is 4.38. The molecule has 2 aliphatic heterocycles. The Morgan fingerprint density at radius 1 is 1.39 bits per heavy atom. The van der Waals surface area contributed by atoms with Gasteiger partial charge in [0.25, 0.3) is 0 Å². The highest BCUT2D eigenvalue weighted by molar-refractivity contribution is 7.13. The minimum absolute atomic E-state index is 0.160. The maximum absolute atomic E-state index is 10.7. The molecular formula is C21H27N2O3S2+. The summed E-state index contributed by atoms with van der Waals surface area (Å²) in [5, 5.41) is 12.8. The largest absolute Gasteiger partial charge is 0.459 e. The number of aliphatic hydroxyl groups is 1. The molecule has 1 spiro atoms. The third-order valence-corrected chi connectivity index (χ3v) is 7.65. The third-order valence-electron chi connectivity index (χ3n) is 5.68. The predicted octanol–water partition coefficient (Wildman–Crippen LogP) is 3.24. The number of morpholine rings is 1. The van der Waals surface area contributed by atoms with Crippen molar-refractivity contribution >= 4 is 34.9 Å². The Morgan fingerprint density at radius 2 is 2.21 bits per heavy atom. The van der Waals surface area contributed by atoms with Crippen LogP contribution >= 0.6 is 22.7 Å². The number of carbonyl (C=O) groups excluding carboxylic acids is 1. The SMILES string of the molecule is Cc1ccc(C(O)=[N+]2CCOC3(CCN(Cc4cc(CC=O)cs4)CC3)C2)s1. The molecule has 2 aromatic rings. The Bertz CT molecular complexity index is 863. The van der Waals surface area contributed by atoms with E-state index in [0.717, 1.165) is 62.3 Å². The molecule has 7 heteroatoms. The Kier molecular flexibility index (Phi) is 5.96. The summed E-state index contributed by atoms with van der Waals surface area (Å²) in [6.45, 7) is 7.15. The zero-order chi connectivity index (χ0) is 19.6. The Morgan fingerprint density at radius 3 is 2.93 bits per heavy atom. The number of nitrogens with zero attached hydrogens (tertiary/aromatic N) is 2. The first-order valence-corrected chi connectivity index (χ1v) is 11.5. The fourth-order valence-electron chi connectivity index (χ4n) is 4.09. The van der Waals surface area contributed by atoms with Gasteiger partial charge in [-0.05, 0) is 48.9 Å². The lowest BCUT2D eigenvalue weighted by Crippen LogP contribution is -2.55.